The van der Waals surface area contributed by atoms with Crippen molar-refractivity contribution in [3.05, 3.63) is 95.4 Å². The van der Waals surface area contributed by atoms with E-state index in [1.54, 1.807) is 0 Å². The molecule has 4 nitrogen and oxygen atoms in total. The molecule has 0 amide bonds. The van der Waals surface area contributed by atoms with Crippen LogP contribution in [-0.4, -0.2) is 28.8 Å². The molecule has 3 aliphatic rings. The average Bonchev–Trinajstić information content (AvgIpc) is 3.17. The normalized spacial score (nSPS) is 21.5. The van der Waals surface area contributed by atoms with Gasteiger partial charge in [0.25, 0.3) is 0 Å². The lowest BCUT2D eigenvalue weighted by molar-refractivity contribution is 0.157. The highest BCUT2D eigenvalue weighted by atomic mass is 19.1. The summed E-state index contributed by atoms with van der Waals surface area (Å²) >= 11 is 0. The predicted molar refractivity (Wildman–Crippen MR) is 123 cm³/mol. The molecule has 1 aliphatic carbocycles. The molecule has 1 N–H and O–H groups in total. The second kappa shape index (κ2) is 7.80. The van der Waals surface area contributed by atoms with Crippen LogP contribution in [-0.2, 0) is 12.8 Å². The summed E-state index contributed by atoms with van der Waals surface area (Å²) in [4.78, 5) is 11.7. The molecule has 2 aromatic rings. The zero-order chi connectivity index (χ0) is 21.4. The number of halogens is 1. The molecule has 1 aromatic heterocycles. The van der Waals surface area contributed by atoms with Gasteiger partial charge in [0.1, 0.15) is 11.5 Å². The fraction of sp³-hybridized carbons (Fsp3) is 0.308. The molecule has 0 bridgehead atoms. The molecular weight excluding hydrogens is 387 g/mol. The minimum absolute atomic E-state index is 0.275. The van der Waals surface area contributed by atoms with Crippen LogP contribution in [0.2, 0.25) is 0 Å². The van der Waals surface area contributed by atoms with Gasteiger partial charge >= 0.3 is 0 Å². The highest BCUT2D eigenvalue weighted by Gasteiger charge is 2.41. The number of hydrogen-bond donors (Lipinski definition) is 1. The van der Waals surface area contributed by atoms with Crippen LogP contribution in [0.1, 0.15) is 36.6 Å². The van der Waals surface area contributed by atoms with Crippen LogP contribution in [0.15, 0.2) is 83.5 Å². The third kappa shape index (κ3) is 3.58. The number of rotatable bonds is 2. The molecule has 5 heteroatoms. The smallest absolute Gasteiger partial charge is 0.155 e. The Balaban J connectivity index is 1.41. The van der Waals surface area contributed by atoms with Crippen LogP contribution in [0, 0.1) is 5.41 Å². The van der Waals surface area contributed by atoms with E-state index in [9.17, 15) is 4.39 Å². The van der Waals surface area contributed by atoms with E-state index in [1.165, 1.54) is 17.3 Å². The van der Waals surface area contributed by atoms with E-state index in [0.29, 0.717) is 11.5 Å². The number of amidine groups is 1. The standard InChI is InChI=1S/C26H27FN4/c1-3-21(27)24-25(29-18(2)23(30-24)19-8-5-4-6-9-19)31-14-11-26(12-15-31)16-20-10-7-13-28-22(20)17-26/h3-10,13,30H,1,11-12,14-17H2,2H3/b24-21+. The summed E-state index contributed by atoms with van der Waals surface area (Å²) in [6, 6.07) is 14.2. The van der Waals surface area contributed by atoms with Gasteiger partial charge in [0.2, 0.25) is 0 Å². The van der Waals surface area contributed by atoms with Gasteiger partial charge in [-0.25, -0.2) is 9.38 Å². The van der Waals surface area contributed by atoms with Gasteiger partial charge in [0, 0.05) is 25.0 Å². The molecule has 5 rings (SSSR count). The Labute approximate surface area is 182 Å². The van der Waals surface area contributed by atoms with Crippen LogP contribution in [0.3, 0.4) is 0 Å². The van der Waals surface area contributed by atoms with Crippen LogP contribution in [0.25, 0.3) is 5.70 Å². The maximum atomic E-state index is 14.9. The molecule has 31 heavy (non-hydrogen) atoms. The number of aromatic nitrogens is 1. The minimum atomic E-state index is -0.377. The van der Waals surface area contributed by atoms with Crippen molar-refractivity contribution in [1.82, 2.24) is 15.2 Å². The maximum Gasteiger partial charge on any atom is 0.155 e. The summed E-state index contributed by atoms with van der Waals surface area (Å²) in [6.45, 7) is 7.33. The molecular formula is C26H27FN4. The number of pyridine rings is 1. The van der Waals surface area contributed by atoms with Gasteiger partial charge in [-0.1, -0.05) is 43.0 Å². The number of nitrogens with zero attached hydrogens (tertiary/aromatic N) is 3. The van der Waals surface area contributed by atoms with Crippen molar-refractivity contribution in [3.63, 3.8) is 0 Å². The fourth-order valence-electron chi connectivity index (χ4n) is 5.08. The molecule has 0 atom stereocenters. The second-order valence-corrected chi connectivity index (χ2v) is 8.76. The third-order valence-corrected chi connectivity index (χ3v) is 6.81. The Morgan fingerprint density at radius 2 is 1.90 bits per heavy atom. The molecule has 0 saturated carbocycles. The first-order valence-electron chi connectivity index (χ1n) is 10.9. The molecule has 1 spiro atoms. The largest absolute Gasteiger partial charge is 0.355 e. The monoisotopic (exact) mass is 414 g/mol. The molecule has 3 heterocycles. The first-order chi connectivity index (χ1) is 15.1. The van der Waals surface area contributed by atoms with Gasteiger partial charge in [-0.2, -0.15) is 0 Å². The first-order valence-corrected chi connectivity index (χ1v) is 10.9. The van der Waals surface area contributed by atoms with E-state index in [-0.39, 0.29) is 11.2 Å². The van der Waals surface area contributed by atoms with E-state index in [0.717, 1.165) is 55.7 Å². The lowest BCUT2D eigenvalue weighted by Gasteiger charge is -2.41. The number of hydrogen-bond acceptors (Lipinski definition) is 4. The first kappa shape index (κ1) is 19.7. The number of aliphatic imine (C=N–C) groups is 1. The van der Waals surface area contributed by atoms with Crippen molar-refractivity contribution in [2.24, 2.45) is 10.4 Å². The molecule has 0 radical (unpaired) electrons. The molecule has 1 saturated heterocycles. The van der Waals surface area contributed by atoms with Crippen LogP contribution in [0.5, 0.6) is 0 Å². The summed E-state index contributed by atoms with van der Waals surface area (Å²) in [6.07, 6.45) is 7.40. The molecule has 158 valence electrons. The van der Waals surface area contributed by atoms with E-state index < -0.39 is 0 Å². The SMILES string of the molecule is C=C/C(F)=C1\NC(c2ccccc2)=C(C)N=C1N1CCC2(CC1)Cc1cccnc1C2. The number of piperidine rings is 1. The van der Waals surface area contributed by atoms with Crippen molar-refractivity contribution in [3.8, 4) is 0 Å². The lowest BCUT2D eigenvalue weighted by atomic mass is 9.76. The Bertz CT molecular complexity index is 1080. The Morgan fingerprint density at radius 3 is 2.61 bits per heavy atom. The Morgan fingerprint density at radius 1 is 1.13 bits per heavy atom. The van der Waals surface area contributed by atoms with Crippen molar-refractivity contribution in [1.29, 1.82) is 0 Å². The van der Waals surface area contributed by atoms with Gasteiger partial charge < -0.3 is 10.2 Å². The zero-order valence-electron chi connectivity index (χ0n) is 17.9. The average molecular weight is 415 g/mol. The Hall–Kier alpha value is -3.21. The lowest BCUT2D eigenvalue weighted by Crippen LogP contribution is -2.46. The van der Waals surface area contributed by atoms with Crippen molar-refractivity contribution in [2.75, 3.05) is 13.1 Å². The van der Waals surface area contributed by atoms with Crippen molar-refractivity contribution < 1.29 is 4.39 Å². The highest BCUT2D eigenvalue weighted by Crippen LogP contribution is 2.44. The summed E-state index contributed by atoms with van der Waals surface area (Å²) in [5, 5.41) is 3.32. The third-order valence-electron chi connectivity index (χ3n) is 6.81. The van der Waals surface area contributed by atoms with Gasteiger partial charge in [-0.05, 0) is 61.3 Å². The van der Waals surface area contributed by atoms with Gasteiger partial charge in [0.15, 0.2) is 5.84 Å². The highest BCUT2D eigenvalue weighted by molar-refractivity contribution is 6.03. The number of fused-ring (bicyclic) bond motifs is 1. The van der Waals surface area contributed by atoms with Crippen LogP contribution in [0.4, 0.5) is 4.39 Å². The second-order valence-electron chi connectivity index (χ2n) is 8.76. The van der Waals surface area contributed by atoms with Gasteiger partial charge in [-0.15, -0.1) is 0 Å². The van der Waals surface area contributed by atoms with Crippen molar-refractivity contribution in [2.45, 2.75) is 32.6 Å². The van der Waals surface area contributed by atoms with E-state index >= 15 is 0 Å². The van der Waals surface area contributed by atoms with Gasteiger partial charge in [-0.3, -0.25) is 4.98 Å². The van der Waals surface area contributed by atoms with Crippen LogP contribution < -0.4 is 5.32 Å². The van der Waals surface area contributed by atoms with Gasteiger partial charge in [0.05, 0.1) is 11.4 Å². The quantitative estimate of drug-likeness (QED) is 0.750. The minimum Gasteiger partial charge on any atom is -0.355 e. The van der Waals surface area contributed by atoms with E-state index in [1.807, 2.05) is 49.5 Å². The predicted octanol–water partition coefficient (Wildman–Crippen LogP) is 5.02. The van der Waals surface area contributed by atoms with Crippen molar-refractivity contribution >= 4 is 11.5 Å². The number of nitrogens with one attached hydrogen (secondary N) is 1. The van der Waals surface area contributed by atoms with Crippen LogP contribution >= 0.6 is 0 Å². The summed E-state index contributed by atoms with van der Waals surface area (Å²) in [5.41, 5.74) is 6.01. The molecule has 1 fully saturated rings. The van der Waals surface area contributed by atoms with E-state index in [2.05, 4.69) is 27.8 Å². The number of benzene rings is 1. The summed E-state index contributed by atoms with van der Waals surface area (Å²) in [7, 11) is 0. The number of likely N-dealkylation sites (tertiary alicyclic amines) is 1. The molecule has 2 aliphatic heterocycles. The number of allylic oxidation sites excluding steroid dienone is 3. The maximum absolute atomic E-state index is 14.9. The topological polar surface area (TPSA) is 40.5 Å². The zero-order valence-corrected chi connectivity index (χ0v) is 17.9. The molecule has 0 unspecified atom stereocenters. The molecule has 1 aromatic carbocycles. The summed E-state index contributed by atoms with van der Waals surface area (Å²) < 4.78 is 14.9. The fourth-order valence-corrected chi connectivity index (χ4v) is 5.08. The Kier molecular flexibility index (Phi) is 4.97. The van der Waals surface area contributed by atoms with E-state index in [4.69, 9.17) is 4.99 Å². The summed E-state index contributed by atoms with van der Waals surface area (Å²) in [5.74, 6) is 0.301.